The van der Waals surface area contributed by atoms with Crippen molar-refractivity contribution in [2.75, 3.05) is 13.2 Å². The minimum atomic E-state index is 0.771. The highest BCUT2D eigenvalue weighted by molar-refractivity contribution is 4.73. The fraction of sp³-hybridized carbons (Fsp3) is 0.571. The van der Waals surface area contributed by atoms with Gasteiger partial charge in [0.15, 0.2) is 0 Å². The zero-order valence-corrected chi connectivity index (χ0v) is 6.16. The minimum absolute atomic E-state index is 0.771. The second-order valence-electron chi connectivity index (χ2n) is 2.00. The van der Waals surface area contributed by atoms with Crippen molar-refractivity contribution in [3.8, 4) is 0 Å². The summed E-state index contributed by atoms with van der Waals surface area (Å²) in [6.07, 6.45) is 5.49. The maximum atomic E-state index is 5.16. The van der Waals surface area contributed by atoms with Crippen molar-refractivity contribution in [3.63, 3.8) is 0 Å². The van der Waals surface area contributed by atoms with Gasteiger partial charge in [-0.3, -0.25) is 0 Å². The van der Waals surface area contributed by atoms with Gasteiger partial charge in [0, 0.05) is 25.5 Å². The van der Waals surface area contributed by atoms with Crippen molar-refractivity contribution in [2.45, 2.75) is 13.5 Å². The highest BCUT2D eigenvalue weighted by atomic mass is 16.5. The normalized spacial score (nSPS) is 10.1. The largest absolute Gasteiger partial charge is 0.380 e. The Morgan fingerprint density at radius 1 is 1.60 bits per heavy atom. The Balaban J connectivity index is 2.15. The van der Waals surface area contributed by atoms with Gasteiger partial charge in [0.25, 0.3) is 0 Å². The third-order valence-corrected chi connectivity index (χ3v) is 1.26. The van der Waals surface area contributed by atoms with Crippen LogP contribution in [0.1, 0.15) is 6.92 Å². The van der Waals surface area contributed by atoms with Crippen LogP contribution in [-0.4, -0.2) is 22.8 Å². The van der Waals surface area contributed by atoms with E-state index in [0.717, 1.165) is 19.8 Å². The van der Waals surface area contributed by atoms with Crippen LogP contribution in [0.15, 0.2) is 18.7 Å². The smallest absolute Gasteiger partial charge is 0.0946 e. The molecule has 0 aliphatic heterocycles. The van der Waals surface area contributed by atoms with Crippen LogP contribution in [0.3, 0.4) is 0 Å². The molecule has 0 saturated carbocycles. The first-order chi connectivity index (χ1) is 4.93. The first-order valence-electron chi connectivity index (χ1n) is 3.47. The summed E-state index contributed by atoms with van der Waals surface area (Å²) in [5.41, 5.74) is 0. The molecule has 3 heteroatoms. The Kier molecular flexibility index (Phi) is 2.96. The van der Waals surface area contributed by atoms with E-state index in [1.807, 2.05) is 17.7 Å². The lowest BCUT2D eigenvalue weighted by Gasteiger charge is -2.00. The topological polar surface area (TPSA) is 27.1 Å². The van der Waals surface area contributed by atoms with Crippen LogP contribution >= 0.6 is 0 Å². The second kappa shape index (κ2) is 4.06. The molecule has 0 aromatic carbocycles. The number of imidazole rings is 1. The molecule has 1 rings (SSSR count). The van der Waals surface area contributed by atoms with Crippen LogP contribution in [0, 0.1) is 0 Å². The first-order valence-corrected chi connectivity index (χ1v) is 3.47. The molecule has 0 atom stereocenters. The summed E-state index contributed by atoms with van der Waals surface area (Å²) in [5.74, 6) is 0. The summed E-state index contributed by atoms with van der Waals surface area (Å²) >= 11 is 0. The number of ether oxygens (including phenoxy) is 1. The van der Waals surface area contributed by atoms with Crippen LogP contribution in [-0.2, 0) is 11.3 Å². The minimum Gasteiger partial charge on any atom is -0.380 e. The molecule has 10 heavy (non-hydrogen) atoms. The lowest BCUT2D eigenvalue weighted by Crippen LogP contribution is -2.03. The van der Waals surface area contributed by atoms with Crippen molar-refractivity contribution in [1.29, 1.82) is 0 Å². The SMILES string of the molecule is CCOCCn1ccnc1. The molecule has 56 valence electrons. The van der Waals surface area contributed by atoms with Gasteiger partial charge in [-0.25, -0.2) is 4.98 Å². The average Bonchev–Trinajstić information content (AvgIpc) is 2.41. The van der Waals surface area contributed by atoms with Gasteiger partial charge in [-0.1, -0.05) is 0 Å². The molecule has 0 bridgehead atoms. The predicted molar refractivity (Wildman–Crippen MR) is 38.7 cm³/mol. The summed E-state index contributed by atoms with van der Waals surface area (Å²) in [5, 5.41) is 0. The molecule has 0 aliphatic rings. The molecule has 0 aliphatic carbocycles. The van der Waals surface area contributed by atoms with Crippen molar-refractivity contribution >= 4 is 0 Å². The van der Waals surface area contributed by atoms with E-state index in [9.17, 15) is 0 Å². The Morgan fingerprint density at radius 2 is 2.50 bits per heavy atom. The van der Waals surface area contributed by atoms with Gasteiger partial charge in [-0.15, -0.1) is 0 Å². The third kappa shape index (κ3) is 2.19. The van der Waals surface area contributed by atoms with Gasteiger partial charge in [0.05, 0.1) is 12.9 Å². The molecule has 0 N–H and O–H groups in total. The fourth-order valence-corrected chi connectivity index (χ4v) is 0.733. The average molecular weight is 140 g/mol. The van der Waals surface area contributed by atoms with Crippen LogP contribution in [0.5, 0.6) is 0 Å². The zero-order chi connectivity index (χ0) is 7.23. The molecule has 0 amide bonds. The van der Waals surface area contributed by atoms with Gasteiger partial charge < -0.3 is 9.30 Å². The standard InChI is InChI=1S/C7H12N2O/c1-2-10-6-5-9-4-3-8-7-9/h3-4,7H,2,5-6H2,1H3. The Labute approximate surface area is 60.6 Å². The van der Waals surface area contributed by atoms with E-state index >= 15 is 0 Å². The van der Waals surface area contributed by atoms with Crippen LogP contribution in [0.4, 0.5) is 0 Å². The Morgan fingerprint density at radius 3 is 3.10 bits per heavy atom. The number of hydrogen-bond acceptors (Lipinski definition) is 2. The first kappa shape index (κ1) is 7.28. The predicted octanol–water partition coefficient (Wildman–Crippen LogP) is 0.920. The fourth-order valence-electron chi connectivity index (χ4n) is 0.733. The quantitative estimate of drug-likeness (QED) is 0.581. The Hall–Kier alpha value is -0.830. The number of rotatable bonds is 4. The summed E-state index contributed by atoms with van der Waals surface area (Å²) in [6, 6.07) is 0. The van der Waals surface area contributed by atoms with Crippen molar-refractivity contribution < 1.29 is 4.74 Å². The highest BCUT2D eigenvalue weighted by Crippen LogP contribution is 1.85. The van der Waals surface area contributed by atoms with Gasteiger partial charge in [-0.05, 0) is 6.92 Å². The van der Waals surface area contributed by atoms with E-state index in [1.165, 1.54) is 0 Å². The zero-order valence-electron chi connectivity index (χ0n) is 6.16. The van der Waals surface area contributed by atoms with Crippen LogP contribution in [0.25, 0.3) is 0 Å². The van der Waals surface area contributed by atoms with Gasteiger partial charge in [0.2, 0.25) is 0 Å². The molecule has 3 nitrogen and oxygen atoms in total. The third-order valence-electron chi connectivity index (χ3n) is 1.26. The summed E-state index contributed by atoms with van der Waals surface area (Å²) < 4.78 is 7.15. The molecule has 1 aromatic heterocycles. The maximum absolute atomic E-state index is 5.16. The van der Waals surface area contributed by atoms with E-state index < -0.39 is 0 Å². The van der Waals surface area contributed by atoms with Crippen molar-refractivity contribution in [1.82, 2.24) is 9.55 Å². The molecule has 1 heterocycles. The van der Waals surface area contributed by atoms with Crippen LogP contribution in [0.2, 0.25) is 0 Å². The maximum Gasteiger partial charge on any atom is 0.0946 e. The summed E-state index contributed by atoms with van der Waals surface area (Å²) in [7, 11) is 0. The lowest BCUT2D eigenvalue weighted by atomic mass is 10.6. The van der Waals surface area contributed by atoms with E-state index in [2.05, 4.69) is 4.98 Å². The van der Waals surface area contributed by atoms with E-state index in [-0.39, 0.29) is 0 Å². The summed E-state index contributed by atoms with van der Waals surface area (Å²) in [4.78, 5) is 3.91. The molecule has 0 spiro atoms. The van der Waals surface area contributed by atoms with E-state index in [1.54, 1.807) is 12.5 Å². The highest BCUT2D eigenvalue weighted by Gasteiger charge is 1.87. The molecular weight excluding hydrogens is 128 g/mol. The van der Waals surface area contributed by atoms with Gasteiger partial charge >= 0.3 is 0 Å². The molecular formula is C7H12N2O. The molecule has 0 saturated heterocycles. The molecule has 0 radical (unpaired) electrons. The molecule has 1 aromatic rings. The number of hydrogen-bond donors (Lipinski definition) is 0. The van der Waals surface area contributed by atoms with Crippen molar-refractivity contribution in [2.24, 2.45) is 0 Å². The lowest BCUT2D eigenvalue weighted by molar-refractivity contribution is 0.139. The van der Waals surface area contributed by atoms with Gasteiger partial charge in [-0.2, -0.15) is 0 Å². The van der Waals surface area contributed by atoms with Gasteiger partial charge in [0.1, 0.15) is 0 Å². The molecule has 0 fully saturated rings. The Bertz CT molecular complexity index is 160. The number of nitrogens with zero attached hydrogens (tertiary/aromatic N) is 2. The monoisotopic (exact) mass is 140 g/mol. The molecule has 0 unspecified atom stereocenters. The van der Waals surface area contributed by atoms with Crippen LogP contribution < -0.4 is 0 Å². The second-order valence-corrected chi connectivity index (χ2v) is 2.00. The number of aromatic nitrogens is 2. The van der Waals surface area contributed by atoms with E-state index in [0.29, 0.717) is 0 Å². The summed E-state index contributed by atoms with van der Waals surface area (Å²) in [6.45, 7) is 4.45. The van der Waals surface area contributed by atoms with E-state index in [4.69, 9.17) is 4.74 Å². The van der Waals surface area contributed by atoms with Crippen molar-refractivity contribution in [3.05, 3.63) is 18.7 Å².